The zero-order valence-electron chi connectivity index (χ0n) is 74.5. The first-order valence-corrected chi connectivity index (χ1v) is 35.9. The Hall–Kier alpha value is -7.10. The number of rotatable bonds is 6. The second kappa shape index (κ2) is 27.7. The SMILES string of the molecule is CC1(C)OB(c2ccc3c4ccccc4c4ccccc4c3c2)OC1(C)C.CC1(C)c2ccccc2-c2cc(B3OC(C)(C)C(C)(C)O3)ccc21.Cc1ccc(B2OC(C)(C)C(C)(C)O2)cc1.[2H]c1c([2H])c([2H])c(-c2ccc(B3OC(C)(C)C(C)(C)O3)cc2)c([2H])c1[2H].[2H]c1c([2H])c([2H])c(B2OC(C)(C)C(C)(C)O2)c([2H])c1[2H]. The Morgan fingerprint density at radius 3 is 0.942 bits per heavy atom. The van der Waals surface area contributed by atoms with Crippen LogP contribution in [0.3, 0.4) is 0 Å². The molecule has 0 radical (unpaired) electrons. The van der Waals surface area contributed by atoms with Gasteiger partial charge in [-0.25, -0.2) is 0 Å². The predicted octanol–water partition coefficient (Wildman–Crippen LogP) is 17.7. The van der Waals surface area contributed by atoms with Crippen molar-refractivity contribution in [3.63, 3.8) is 0 Å². The van der Waals surface area contributed by atoms with Gasteiger partial charge in [-0.2, -0.15) is 0 Å². The summed E-state index contributed by atoms with van der Waals surface area (Å²) in [4.78, 5) is 0. The Bertz CT molecular complexity index is 5150. The van der Waals surface area contributed by atoms with Gasteiger partial charge in [0.15, 0.2) is 0 Å². The molecule has 0 amide bonds. The van der Waals surface area contributed by atoms with E-state index in [1.807, 2.05) is 55.4 Å². The summed E-state index contributed by atoms with van der Waals surface area (Å²) in [6.07, 6.45) is 0. The molecule has 103 heavy (non-hydrogen) atoms. The quantitative estimate of drug-likeness (QED) is 0.118. The molecule has 0 spiro atoms. The van der Waals surface area contributed by atoms with Gasteiger partial charge in [-0.1, -0.05) is 238 Å². The number of fused-ring (bicyclic) bond motifs is 9. The van der Waals surface area contributed by atoms with Crippen molar-refractivity contribution < 1.29 is 60.3 Å². The largest absolute Gasteiger partial charge is 0.494 e. The van der Waals surface area contributed by atoms with Crippen LogP contribution in [0.25, 0.3) is 54.6 Å². The van der Waals surface area contributed by atoms with E-state index in [1.165, 1.54) is 60.1 Å². The van der Waals surface area contributed by atoms with Gasteiger partial charge < -0.3 is 46.5 Å². The second-order valence-corrected chi connectivity index (χ2v) is 33.4. The van der Waals surface area contributed by atoms with E-state index >= 15 is 0 Å². The molecule has 10 aromatic carbocycles. The molecular formula is C88H105B5O10. The Balaban J connectivity index is 0.000000132. The first-order chi connectivity index (χ1) is 52.3. The van der Waals surface area contributed by atoms with Gasteiger partial charge >= 0.3 is 35.6 Å². The van der Waals surface area contributed by atoms with Gasteiger partial charge in [-0.05, 0) is 238 Å². The van der Waals surface area contributed by atoms with Crippen LogP contribution < -0.4 is 27.3 Å². The van der Waals surface area contributed by atoms with E-state index in [0.717, 1.165) is 21.9 Å². The van der Waals surface area contributed by atoms with Crippen LogP contribution in [0.5, 0.6) is 0 Å². The smallest absolute Gasteiger partial charge is 0.399 e. The lowest BCUT2D eigenvalue weighted by molar-refractivity contribution is 0.00578. The zero-order chi connectivity index (χ0) is 83.0. The van der Waals surface area contributed by atoms with E-state index in [9.17, 15) is 0 Å². The fourth-order valence-electron chi connectivity index (χ4n) is 13.1. The molecule has 5 saturated heterocycles. The Morgan fingerprint density at radius 2 is 0.534 bits per heavy atom. The van der Waals surface area contributed by atoms with Gasteiger partial charge in [0.05, 0.1) is 69.7 Å². The van der Waals surface area contributed by atoms with Crippen LogP contribution in [0.4, 0.5) is 0 Å². The Labute approximate surface area is 630 Å². The first-order valence-electron chi connectivity index (χ1n) is 40.9. The van der Waals surface area contributed by atoms with Crippen molar-refractivity contribution in [1.82, 2.24) is 0 Å². The van der Waals surface area contributed by atoms with Crippen molar-refractivity contribution >= 4 is 95.2 Å². The highest BCUT2D eigenvalue weighted by Gasteiger charge is 2.56. The Kier molecular flexibility index (Phi) is 17.0. The monoisotopic (exact) mass is 1390 g/mol. The van der Waals surface area contributed by atoms with Crippen LogP contribution in [0.1, 0.15) is 183 Å². The molecule has 0 bridgehead atoms. The van der Waals surface area contributed by atoms with Crippen LogP contribution in [-0.4, -0.2) is 91.6 Å². The van der Waals surface area contributed by atoms with E-state index < -0.39 is 48.7 Å². The summed E-state index contributed by atoms with van der Waals surface area (Å²) < 4.78 is 139. The lowest BCUT2D eigenvalue weighted by Crippen LogP contribution is -2.41. The van der Waals surface area contributed by atoms with Gasteiger partial charge in [-0.15, -0.1) is 0 Å². The van der Waals surface area contributed by atoms with Gasteiger partial charge in [0.2, 0.25) is 0 Å². The predicted molar refractivity (Wildman–Crippen MR) is 431 cm³/mol. The Morgan fingerprint density at radius 1 is 0.243 bits per heavy atom. The van der Waals surface area contributed by atoms with Crippen LogP contribution >= 0.6 is 0 Å². The summed E-state index contributed by atoms with van der Waals surface area (Å²) in [7, 11) is -2.37. The van der Waals surface area contributed by atoms with Crippen LogP contribution in [0, 0.1) is 6.92 Å². The van der Waals surface area contributed by atoms with Crippen molar-refractivity contribution in [2.45, 2.75) is 221 Å². The molecule has 0 unspecified atom stereocenters. The topological polar surface area (TPSA) is 92.3 Å². The fraction of sp³-hybridized carbons (Fsp3) is 0.386. The average Bonchev–Trinajstić information content (AvgIpc) is 0.969. The van der Waals surface area contributed by atoms with E-state index in [1.54, 1.807) is 24.3 Å². The maximum absolute atomic E-state index is 8.08. The molecule has 16 rings (SSSR count). The molecule has 0 saturated carbocycles. The molecule has 0 aromatic heterocycles. The highest BCUT2D eigenvalue weighted by molar-refractivity contribution is 6.64. The molecule has 532 valence electrons. The molecule has 10 nitrogen and oxygen atoms in total. The fourth-order valence-corrected chi connectivity index (χ4v) is 13.1. The molecule has 10 aromatic rings. The van der Waals surface area contributed by atoms with Gasteiger partial charge in [0, 0.05) is 5.41 Å². The maximum atomic E-state index is 8.08. The van der Waals surface area contributed by atoms with Crippen molar-refractivity contribution in [1.29, 1.82) is 0 Å². The summed E-state index contributed by atoms with van der Waals surface area (Å²) in [5, 5.41) is 7.65. The lowest BCUT2D eigenvalue weighted by atomic mass is 9.76. The van der Waals surface area contributed by atoms with Crippen LogP contribution in [0.15, 0.2) is 218 Å². The van der Waals surface area contributed by atoms with E-state index in [-0.39, 0.29) is 120 Å². The lowest BCUT2D eigenvalue weighted by Gasteiger charge is -2.32. The van der Waals surface area contributed by atoms with Crippen molar-refractivity contribution in [3.8, 4) is 22.3 Å². The van der Waals surface area contributed by atoms with E-state index in [0.29, 0.717) is 5.56 Å². The molecular weight excluding hydrogens is 1270 g/mol. The molecule has 0 atom stereocenters. The van der Waals surface area contributed by atoms with E-state index in [2.05, 4.69) is 237 Å². The highest BCUT2D eigenvalue weighted by atomic mass is 16.7. The molecule has 5 aliphatic heterocycles. The highest BCUT2D eigenvalue weighted by Crippen LogP contribution is 2.49. The molecule has 0 N–H and O–H groups in total. The van der Waals surface area contributed by atoms with E-state index in [4.69, 9.17) is 60.3 Å². The third-order valence-electron chi connectivity index (χ3n) is 23.3. The third kappa shape index (κ3) is 14.8. The summed E-state index contributed by atoms with van der Waals surface area (Å²) >= 11 is 0. The molecule has 15 heteroatoms. The molecule has 1 aliphatic carbocycles. The van der Waals surface area contributed by atoms with Crippen molar-refractivity contribution in [3.05, 3.63) is 235 Å². The summed E-state index contributed by atoms with van der Waals surface area (Å²) in [5.74, 6) is 0. The molecule has 5 heterocycles. The standard InChI is InChI=1S/C24H23BO2.C21H25BO2.C18H21BO2.C13H19BO2.C12H17BO2/c1-23(2)24(3,4)27-25(26-23)16-13-14-21-19-11-6-5-9-17(19)18-10-7-8-12-20(18)22(21)15-16;1-19(2)17-10-8-7-9-15(17)16-13-14(11-12-18(16)19)22-23-20(3,4)21(5,6)24-22;1-17(2)18(3,4)21-19(20-17)16-12-10-15(11-13-16)14-8-6-5-7-9-14;1-10-6-8-11(9-7-10)14-15-12(2,3)13(4,5)16-14;1-11(2)12(3,4)15-13(14-11)10-8-6-5-7-9-10/h5-15H,1-4H3;7-13H,1-6H3;5-13H,1-4H3;6-9H,1-5H3;5-9H,1-4H3/i;;5D,6D,7D,8D,9D;;5D,6D,7D,8D,9D. The van der Waals surface area contributed by atoms with Crippen LogP contribution in [-0.2, 0) is 52.0 Å². The third-order valence-corrected chi connectivity index (χ3v) is 23.3. The summed E-state index contributed by atoms with van der Waals surface area (Å²) in [5.41, 5.74) is 7.63. The number of benzene rings is 10. The number of aryl methyl sites for hydroxylation is 1. The normalized spacial score (nSPS) is 22.3. The first kappa shape index (κ1) is 63.2. The van der Waals surface area contributed by atoms with Gasteiger partial charge in [0.25, 0.3) is 0 Å². The van der Waals surface area contributed by atoms with Gasteiger partial charge in [0.1, 0.15) is 0 Å². The minimum atomic E-state index is -0.964. The summed E-state index contributed by atoms with van der Waals surface area (Å²) in [6, 6.07) is 51.4. The van der Waals surface area contributed by atoms with Crippen LogP contribution in [0.2, 0.25) is 0 Å². The number of hydrogen-bond donors (Lipinski definition) is 0. The number of hydrogen-bond acceptors (Lipinski definition) is 10. The minimum Gasteiger partial charge on any atom is -0.399 e. The molecule has 5 fully saturated rings. The molecule has 6 aliphatic rings. The zero-order valence-corrected chi connectivity index (χ0v) is 64.5. The second-order valence-electron chi connectivity index (χ2n) is 33.4. The van der Waals surface area contributed by atoms with Gasteiger partial charge in [-0.3, -0.25) is 0 Å². The summed E-state index contributed by atoms with van der Waals surface area (Å²) in [6.45, 7) is 47.0. The minimum absolute atomic E-state index is 0.0421. The van der Waals surface area contributed by atoms with Crippen molar-refractivity contribution in [2.75, 3.05) is 0 Å². The average molecular weight is 1390 g/mol. The maximum Gasteiger partial charge on any atom is 0.494 e. The van der Waals surface area contributed by atoms with Crippen molar-refractivity contribution in [2.24, 2.45) is 0 Å².